The molecule has 108 valence electrons. The van der Waals surface area contributed by atoms with Crippen molar-refractivity contribution < 1.29 is 18.5 Å². The lowest BCUT2D eigenvalue weighted by Crippen LogP contribution is -2.28. The van der Waals surface area contributed by atoms with E-state index in [-0.39, 0.29) is 5.69 Å². The number of anilines is 1. The fraction of sp³-hybridized carbons (Fsp3) is 0.0714. The zero-order valence-corrected chi connectivity index (χ0v) is 10.9. The normalized spacial score (nSPS) is 10.2. The number of hydrogen-bond donors (Lipinski definition) is 0. The monoisotopic (exact) mass is 292 g/mol. The van der Waals surface area contributed by atoms with Crippen LogP contribution < -0.4 is 4.90 Å². The SMILES string of the molecule is CN(C(=O)c1cc([N+](=O)[O-])ccc1F)c1ccccc1F. The summed E-state index contributed by atoms with van der Waals surface area (Å²) < 4.78 is 27.3. The second-order valence-corrected chi connectivity index (χ2v) is 4.24. The van der Waals surface area contributed by atoms with Crippen molar-refractivity contribution in [1.82, 2.24) is 0 Å². The maximum absolute atomic E-state index is 13.7. The highest BCUT2D eigenvalue weighted by Gasteiger charge is 2.22. The molecule has 0 N–H and O–H groups in total. The maximum Gasteiger partial charge on any atom is 0.270 e. The molecule has 0 radical (unpaired) electrons. The van der Waals surface area contributed by atoms with Crippen LogP contribution in [0.1, 0.15) is 10.4 Å². The number of benzene rings is 2. The average molecular weight is 292 g/mol. The molecule has 2 aromatic rings. The molecule has 0 atom stereocenters. The summed E-state index contributed by atoms with van der Waals surface area (Å²) in [6.45, 7) is 0. The minimum atomic E-state index is -0.909. The predicted octanol–water partition coefficient (Wildman–Crippen LogP) is 3.15. The van der Waals surface area contributed by atoms with Gasteiger partial charge in [-0.05, 0) is 18.2 Å². The van der Waals surface area contributed by atoms with E-state index in [1.807, 2.05) is 0 Å². The number of carbonyl (C=O) groups is 1. The van der Waals surface area contributed by atoms with Gasteiger partial charge in [0.05, 0.1) is 16.2 Å². The van der Waals surface area contributed by atoms with Gasteiger partial charge in [-0.1, -0.05) is 12.1 Å². The molecule has 0 saturated carbocycles. The van der Waals surface area contributed by atoms with Crippen LogP contribution in [0.5, 0.6) is 0 Å². The number of rotatable bonds is 3. The van der Waals surface area contributed by atoms with Crippen molar-refractivity contribution in [3.8, 4) is 0 Å². The lowest BCUT2D eigenvalue weighted by atomic mass is 10.1. The molecular weight excluding hydrogens is 282 g/mol. The lowest BCUT2D eigenvalue weighted by Gasteiger charge is -2.18. The van der Waals surface area contributed by atoms with E-state index >= 15 is 0 Å². The molecule has 21 heavy (non-hydrogen) atoms. The fourth-order valence-electron chi connectivity index (χ4n) is 1.80. The smallest absolute Gasteiger partial charge is 0.270 e. The van der Waals surface area contributed by atoms with Gasteiger partial charge in [-0.2, -0.15) is 0 Å². The molecule has 1 amide bonds. The first kappa shape index (κ1) is 14.6. The first-order valence-corrected chi connectivity index (χ1v) is 5.88. The molecule has 0 aliphatic heterocycles. The van der Waals surface area contributed by atoms with E-state index in [1.54, 1.807) is 0 Å². The van der Waals surface area contributed by atoms with Gasteiger partial charge in [-0.3, -0.25) is 14.9 Å². The number of nitrogens with zero attached hydrogens (tertiary/aromatic N) is 2. The Morgan fingerprint density at radius 3 is 2.43 bits per heavy atom. The summed E-state index contributed by atoms with van der Waals surface area (Å²) in [7, 11) is 1.26. The number of para-hydroxylation sites is 1. The molecule has 2 rings (SSSR count). The Kier molecular flexibility index (Phi) is 3.93. The van der Waals surface area contributed by atoms with Crippen molar-refractivity contribution in [2.75, 3.05) is 11.9 Å². The van der Waals surface area contributed by atoms with Gasteiger partial charge in [0.25, 0.3) is 11.6 Å². The number of nitro benzene ring substituents is 1. The Bertz CT molecular complexity index is 719. The van der Waals surface area contributed by atoms with Crippen LogP contribution in [0, 0.1) is 21.7 Å². The molecule has 7 heteroatoms. The van der Waals surface area contributed by atoms with E-state index in [0.717, 1.165) is 29.2 Å². The third-order valence-electron chi connectivity index (χ3n) is 2.91. The topological polar surface area (TPSA) is 63.5 Å². The van der Waals surface area contributed by atoms with Crippen molar-refractivity contribution in [2.24, 2.45) is 0 Å². The fourth-order valence-corrected chi connectivity index (χ4v) is 1.80. The van der Waals surface area contributed by atoms with E-state index in [4.69, 9.17) is 0 Å². The summed E-state index contributed by atoms with van der Waals surface area (Å²) in [5.41, 5.74) is -0.954. The van der Waals surface area contributed by atoms with Crippen LogP contribution in [-0.2, 0) is 0 Å². The van der Waals surface area contributed by atoms with Crippen LogP contribution in [-0.4, -0.2) is 17.9 Å². The van der Waals surface area contributed by atoms with E-state index in [1.165, 1.54) is 25.2 Å². The molecule has 0 aliphatic rings. The summed E-state index contributed by atoms with van der Waals surface area (Å²) in [5, 5.41) is 10.7. The molecular formula is C14H10F2N2O3. The zero-order valence-electron chi connectivity index (χ0n) is 10.9. The Balaban J connectivity index is 2.42. The van der Waals surface area contributed by atoms with Gasteiger partial charge >= 0.3 is 0 Å². The van der Waals surface area contributed by atoms with Crippen molar-refractivity contribution in [2.45, 2.75) is 0 Å². The van der Waals surface area contributed by atoms with Crippen LogP contribution in [0.15, 0.2) is 42.5 Å². The second-order valence-electron chi connectivity index (χ2n) is 4.24. The largest absolute Gasteiger partial charge is 0.309 e. The number of hydrogen-bond acceptors (Lipinski definition) is 3. The Morgan fingerprint density at radius 1 is 1.14 bits per heavy atom. The van der Waals surface area contributed by atoms with Gasteiger partial charge in [0.15, 0.2) is 0 Å². The van der Waals surface area contributed by atoms with Crippen LogP contribution >= 0.6 is 0 Å². The van der Waals surface area contributed by atoms with Crippen molar-refractivity contribution in [3.05, 3.63) is 69.8 Å². The van der Waals surface area contributed by atoms with E-state index in [2.05, 4.69) is 0 Å². The highest BCUT2D eigenvalue weighted by molar-refractivity contribution is 6.06. The van der Waals surface area contributed by atoms with Gasteiger partial charge in [0, 0.05) is 19.2 Å². The Morgan fingerprint density at radius 2 is 1.81 bits per heavy atom. The number of carbonyl (C=O) groups excluding carboxylic acids is 1. The van der Waals surface area contributed by atoms with Crippen LogP contribution in [0.2, 0.25) is 0 Å². The first-order valence-electron chi connectivity index (χ1n) is 5.88. The molecule has 0 heterocycles. The summed E-state index contributed by atoms with van der Waals surface area (Å²) in [6.07, 6.45) is 0. The Hall–Kier alpha value is -2.83. The quantitative estimate of drug-likeness (QED) is 0.645. The molecule has 0 aromatic heterocycles. The summed E-state index contributed by atoms with van der Waals surface area (Å²) in [6, 6.07) is 8.09. The third-order valence-corrected chi connectivity index (χ3v) is 2.91. The summed E-state index contributed by atoms with van der Waals surface area (Å²) in [5.74, 6) is -2.44. The van der Waals surface area contributed by atoms with Crippen LogP contribution in [0.4, 0.5) is 20.2 Å². The standard InChI is InChI=1S/C14H10F2N2O3/c1-17(13-5-3-2-4-12(13)16)14(19)10-8-9(18(20)21)6-7-11(10)15/h2-8H,1H3. The lowest BCUT2D eigenvalue weighted by molar-refractivity contribution is -0.384. The number of amides is 1. The van der Waals surface area contributed by atoms with E-state index in [0.29, 0.717) is 0 Å². The van der Waals surface area contributed by atoms with Gasteiger partial charge in [0.2, 0.25) is 0 Å². The number of nitro groups is 1. The third kappa shape index (κ3) is 2.86. The second kappa shape index (κ2) is 5.66. The molecule has 0 saturated heterocycles. The molecule has 2 aromatic carbocycles. The molecule has 0 spiro atoms. The zero-order chi connectivity index (χ0) is 15.6. The van der Waals surface area contributed by atoms with Gasteiger partial charge in [-0.15, -0.1) is 0 Å². The molecule has 0 unspecified atom stereocenters. The molecule has 5 nitrogen and oxygen atoms in total. The maximum atomic E-state index is 13.7. The average Bonchev–Trinajstić information content (AvgIpc) is 2.46. The highest BCUT2D eigenvalue weighted by Crippen LogP contribution is 2.22. The summed E-state index contributed by atoms with van der Waals surface area (Å²) in [4.78, 5) is 23.0. The van der Waals surface area contributed by atoms with Gasteiger partial charge in [0.1, 0.15) is 11.6 Å². The predicted molar refractivity (Wildman–Crippen MR) is 72.2 cm³/mol. The molecule has 0 aliphatic carbocycles. The number of non-ortho nitro benzene ring substituents is 1. The van der Waals surface area contributed by atoms with Crippen molar-refractivity contribution >= 4 is 17.3 Å². The van der Waals surface area contributed by atoms with Crippen molar-refractivity contribution in [1.29, 1.82) is 0 Å². The minimum absolute atomic E-state index is 0.0478. The van der Waals surface area contributed by atoms with Crippen LogP contribution in [0.3, 0.4) is 0 Å². The highest BCUT2D eigenvalue weighted by atomic mass is 19.1. The van der Waals surface area contributed by atoms with E-state index < -0.39 is 33.7 Å². The number of halogens is 2. The molecule has 0 fully saturated rings. The Labute approximate surface area is 118 Å². The van der Waals surface area contributed by atoms with Gasteiger partial charge in [-0.25, -0.2) is 8.78 Å². The first-order chi connectivity index (χ1) is 9.91. The van der Waals surface area contributed by atoms with Crippen molar-refractivity contribution in [3.63, 3.8) is 0 Å². The minimum Gasteiger partial charge on any atom is -0.309 e. The van der Waals surface area contributed by atoms with E-state index in [9.17, 15) is 23.7 Å². The molecule has 0 bridgehead atoms. The van der Waals surface area contributed by atoms with Gasteiger partial charge < -0.3 is 4.90 Å². The van der Waals surface area contributed by atoms with Crippen LogP contribution in [0.25, 0.3) is 0 Å². The summed E-state index contributed by atoms with van der Waals surface area (Å²) >= 11 is 0.